The molecule has 6 nitrogen and oxygen atoms in total. The van der Waals surface area contributed by atoms with Crippen molar-refractivity contribution in [1.29, 1.82) is 0 Å². The van der Waals surface area contributed by atoms with E-state index in [0.717, 1.165) is 23.1 Å². The molecule has 6 heteroatoms. The topological polar surface area (TPSA) is 99.0 Å². The van der Waals surface area contributed by atoms with Gasteiger partial charge in [0.25, 0.3) is 0 Å². The van der Waals surface area contributed by atoms with Gasteiger partial charge in [-0.2, -0.15) is 0 Å². The molecular weight excluding hydrogens is 490 g/mol. The van der Waals surface area contributed by atoms with Crippen molar-refractivity contribution < 1.29 is 24.9 Å². The fourth-order valence-electron chi connectivity index (χ4n) is 4.92. The highest BCUT2D eigenvalue weighted by Crippen LogP contribution is 2.31. The molecule has 39 heavy (non-hydrogen) atoms. The fraction of sp³-hybridized carbons (Fsp3) is 0.303. The Kier molecular flexibility index (Phi) is 9.15. The van der Waals surface area contributed by atoms with Crippen LogP contribution in [0.5, 0.6) is 0 Å². The van der Waals surface area contributed by atoms with Crippen molar-refractivity contribution in [3.05, 3.63) is 107 Å². The van der Waals surface area contributed by atoms with E-state index in [1.54, 1.807) is 18.2 Å². The number of fused-ring (bicyclic) bond motifs is 1. The van der Waals surface area contributed by atoms with Crippen molar-refractivity contribution in [2.75, 3.05) is 13.2 Å². The Morgan fingerprint density at radius 2 is 1.67 bits per heavy atom. The van der Waals surface area contributed by atoms with Gasteiger partial charge in [0.2, 0.25) is 0 Å². The van der Waals surface area contributed by atoms with E-state index < -0.39 is 12.1 Å². The number of carbonyl (C=O) groups is 1. The molecular formula is C33H37NO5. The van der Waals surface area contributed by atoms with E-state index in [0.29, 0.717) is 12.1 Å². The van der Waals surface area contributed by atoms with Gasteiger partial charge in [-0.1, -0.05) is 78.9 Å². The molecule has 204 valence electrons. The number of β-amino-alcohol motifs (C(OH)–C–C–N with tert-alkyl or cyclic N) is 1. The molecule has 4 rings (SSSR count). The summed E-state index contributed by atoms with van der Waals surface area (Å²) in [7, 11) is 0. The van der Waals surface area contributed by atoms with Crippen LogP contribution >= 0.6 is 0 Å². The lowest BCUT2D eigenvalue weighted by Crippen LogP contribution is -2.46. The molecule has 0 fully saturated rings. The monoisotopic (exact) mass is 527 g/mol. The molecule has 0 aliphatic rings. The molecule has 4 aromatic carbocycles. The van der Waals surface area contributed by atoms with Crippen molar-refractivity contribution in [3.8, 4) is 11.1 Å². The van der Waals surface area contributed by atoms with E-state index in [1.165, 1.54) is 16.3 Å². The number of aromatic carboxylic acids is 1. The molecule has 4 aromatic rings. The van der Waals surface area contributed by atoms with Crippen LogP contribution in [0, 0.1) is 0 Å². The molecule has 0 heterocycles. The minimum atomic E-state index is -1.08. The van der Waals surface area contributed by atoms with Crippen LogP contribution in [0.15, 0.2) is 84.9 Å². The normalized spacial score (nSPS) is 13.4. The van der Waals surface area contributed by atoms with E-state index >= 15 is 0 Å². The van der Waals surface area contributed by atoms with Crippen molar-refractivity contribution in [1.82, 2.24) is 5.32 Å². The number of rotatable bonds is 12. The minimum absolute atomic E-state index is 0.0752. The first kappa shape index (κ1) is 28.5. The second kappa shape index (κ2) is 12.5. The molecule has 0 saturated heterocycles. The number of nitrogens with one attached hydrogen (secondary N) is 1. The van der Waals surface area contributed by atoms with Crippen LogP contribution in [0.3, 0.4) is 0 Å². The number of ether oxygens (including phenoxy) is 1. The van der Waals surface area contributed by atoms with Gasteiger partial charge in [-0.05, 0) is 71.8 Å². The Balaban J connectivity index is 1.36. The van der Waals surface area contributed by atoms with Gasteiger partial charge >= 0.3 is 5.97 Å². The SMILES string of the molecule is C[C@@H](OC[C@H](O)CNC(C)(C)Cc1ccc2ccccc2c1)c1ccccc1-c1ccc(CO)c(C(=O)O)c1. The van der Waals surface area contributed by atoms with Crippen molar-refractivity contribution >= 4 is 16.7 Å². The number of hydrogen-bond acceptors (Lipinski definition) is 5. The number of carboxylic acids is 1. The number of aliphatic hydroxyl groups excluding tert-OH is 2. The Labute approximate surface area is 229 Å². The molecule has 4 N–H and O–H groups in total. The molecule has 0 spiro atoms. The molecule has 2 atom stereocenters. The number of carboxylic acid groups (broad SMARTS) is 1. The molecule has 0 amide bonds. The zero-order chi connectivity index (χ0) is 28.0. The van der Waals surface area contributed by atoms with E-state index in [1.807, 2.05) is 43.3 Å². The molecule has 0 radical (unpaired) electrons. The summed E-state index contributed by atoms with van der Waals surface area (Å²) < 4.78 is 6.06. The van der Waals surface area contributed by atoms with E-state index in [9.17, 15) is 20.1 Å². The lowest BCUT2D eigenvalue weighted by Gasteiger charge is -2.28. The van der Waals surface area contributed by atoms with Crippen molar-refractivity contribution in [2.24, 2.45) is 0 Å². The average molecular weight is 528 g/mol. The highest BCUT2D eigenvalue weighted by Gasteiger charge is 2.21. The fourth-order valence-corrected chi connectivity index (χ4v) is 4.92. The molecule has 0 aliphatic carbocycles. The lowest BCUT2D eigenvalue weighted by molar-refractivity contribution is -0.00397. The van der Waals surface area contributed by atoms with Crippen LogP contribution in [-0.4, -0.2) is 46.1 Å². The number of hydrogen-bond donors (Lipinski definition) is 4. The third-order valence-electron chi connectivity index (χ3n) is 7.04. The summed E-state index contributed by atoms with van der Waals surface area (Å²) >= 11 is 0. The van der Waals surface area contributed by atoms with Crippen LogP contribution < -0.4 is 5.32 Å². The predicted octanol–water partition coefficient (Wildman–Crippen LogP) is 5.75. The third kappa shape index (κ3) is 7.31. The Bertz CT molecular complexity index is 1430. The first-order valence-electron chi connectivity index (χ1n) is 13.3. The summed E-state index contributed by atoms with van der Waals surface area (Å²) in [5.74, 6) is -1.08. The molecule has 0 bridgehead atoms. The summed E-state index contributed by atoms with van der Waals surface area (Å²) in [5, 5.41) is 35.6. The largest absolute Gasteiger partial charge is 0.478 e. The zero-order valence-electron chi connectivity index (χ0n) is 22.7. The molecule has 0 aromatic heterocycles. The van der Waals surface area contributed by atoms with Crippen LogP contribution in [0.1, 0.15) is 53.9 Å². The Morgan fingerprint density at radius 3 is 2.41 bits per heavy atom. The van der Waals surface area contributed by atoms with E-state index in [4.69, 9.17) is 4.74 Å². The van der Waals surface area contributed by atoms with Crippen LogP contribution in [0.2, 0.25) is 0 Å². The standard InChI is InChI=1S/C33H37NO5/c1-22(29-10-6-7-11-30(29)26-14-15-27(20-35)31(17-26)32(37)38)39-21-28(36)19-34-33(2,3)18-23-12-13-24-8-4-5-9-25(24)16-23/h4-17,22,28,34-36H,18-21H2,1-3H3,(H,37,38)/t22-,28-/m1/s1. The predicted molar refractivity (Wildman–Crippen MR) is 155 cm³/mol. The van der Waals surface area contributed by atoms with Crippen molar-refractivity contribution in [2.45, 2.75) is 51.5 Å². The highest BCUT2D eigenvalue weighted by molar-refractivity contribution is 5.91. The maximum atomic E-state index is 11.7. The van der Waals surface area contributed by atoms with E-state index in [-0.39, 0.29) is 30.4 Å². The van der Waals surface area contributed by atoms with Gasteiger partial charge in [0.05, 0.1) is 31.0 Å². The van der Waals surface area contributed by atoms with Gasteiger partial charge in [0.15, 0.2) is 0 Å². The smallest absolute Gasteiger partial charge is 0.336 e. The van der Waals surface area contributed by atoms with Crippen molar-refractivity contribution in [3.63, 3.8) is 0 Å². The molecule has 0 aliphatic heterocycles. The second-order valence-electron chi connectivity index (χ2n) is 10.7. The first-order valence-corrected chi connectivity index (χ1v) is 13.3. The highest BCUT2D eigenvalue weighted by atomic mass is 16.5. The van der Waals surface area contributed by atoms with Gasteiger partial charge in [-0.25, -0.2) is 4.79 Å². The lowest BCUT2D eigenvalue weighted by atomic mass is 9.93. The summed E-state index contributed by atoms with van der Waals surface area (Å²) in [5.41, 5.74) is 3.93. The van der Waals surface area contributed by atoms with Crippen LogP contribution in [-0.2, 0) is 17.8 Å². The maximum Gasteiger partial charge on any atom is 0.336 e. The Hall–Kier alpha value is -3.55. The van der Waals surface area contributed by atoms with E-state index in [2.05, 4.69) is 49.5 Å². The minimum Gasteiger partial charge on any atom is -0.478 e. The molecule has 0 saturated carbocycles. The summed E-state index contributed by atoms with van der Waals surface area (Å²) in [6, 6.07) is 27.5. The van der Waals surface area contributed by atoms with Gasteiger partial charge in [0.1, 0.15) is 0 Å². The van der Waals surface area contributed by atoms with Crippen LogP contribution in [0.25, 0.3) is 21.9 Å². The average Bonchev–Trinajstić information content (AvgIpc) is 2.94. The van der Waals surface area contributed by atoms with Gasteiger partial charge < -0.3 is 25.4 Å². The summed E-state index contributed by atoms with van der Waals surface area (Å²) in [6.45, 7) is 6.37. The maximum absolute atomic E-state index is 11.7. The second-order valence-corrected chi connectivity index (χ2v) is 10.7. The van der Waals surface area contributed by atoms with Gasteiger partial charge in [0, 0.05) is 12.1 Å². The zero-order valence-corrected chi connectivity index (χ0v) is 22.7. The summed E-state index contributed by atoms with van der Waals surface area (Å²) in [6.07, 6.45) is -0.201. The first-order chi connectivity index (χ1) is 18.7. The number of benzene rings is 4. The van der Waals surface area contributed by atoms with Gasteiger partial charge in [-0.3, -0.25) is 0 Å². The number of aliphatic hydroxyl groups is 2. The summed E-state index contributed by atoms with van der Waals surface area (Å²) in [4.78, 5) is 11.7. The van der Waals surface area contributed by atoms with Crippen LogP contribution in [0.4, 0.5) is 0 Å². The third-order valence-corrected chi connectivity index (χ3v) is 7.04. The quantitative estimate of drug-likeness (QED) is 0.187. The Morgan fingerprint density at radius 1 is 0.949 bits per heavy atom. The van der Waals surface area contributed by atoms with Gasteiger partial charge in [-0.15, -0.1) is 0 Å². The molecule has 0 unspecified atom stereocenters.